The van der Waals surface area contributed by atoms with E-state index in [1.54, 1.807) is 6.07 Å². The number of hydrogen-bond acceptors (Lipinski definition) is 2. The van der Waals surface area contributed by atoms with Crippen LogP contribution in [0, 0.1) is 11.6 Å². The van der Waals surface area contributed by atoms with Crippen molar-refractivity contribution in [2.24, 2.45) is 0 Å². The van der Waals surface area contributed by atoms with Gasteiger partial charge in [-0.15, -0.1) is 0 Å². The van der Waals surface area contributed by atoms with E-state index in [-0.39, 0.29) is 16.7 Å². The van der Waals surface area contributed by atoms with E-state index in [9.17, 15) is 8.78 Å². The summed E-state index contributed by atoms with van der Waals surface area (Å²) in [6.07, 6.45) is 1.47. The van der Waals surface area contributed by atoms with Gasteiger partial charge in [0, 0.05) is 17.6 Å². The fourth-order valence-corrected chi connectivity index (χ4v) is 1.56. The fraction of sp³-hybridized carbons (Fsp3) is 0. The molecule has 0 unspecified atom stereocenters. The molecule has 0 saturated carbocycles. The SMILES string of the molecule is Fc1cc(F)c2cccnc2c1[O][AlH]. The quantitative estimate of drug-likeness (QED) is 0.665. The van der Waals surface area contributed by atoms with Gasteiger partial charge in [0.15, 0.2) is 5.82 Å². The molecule has 0 aliphatic heterocycles. The summed E-state index contributed by atoms with van der Waals surface area (Å²) in [5.41, 5.74) is 0.208. The molecule has 69 valence electrons. The molecule has 5 heteroatoms. The molecule has 0 spiro atoms. The van der Waals surface area contributed by atoms with Crippen molar-refractivity contribution in [3.8, 4) is 5.75 Å². The summed E-state index contributed by atoms with van der Waals surface area (Å²) in [4.78, 5) is 3.87. The van der Waals surface area contributed by atoms with Gasteiger partial charge >= 0.3 is 16.6 Å². The Labute approximate surface area is 87.3 Å². The molecule has 1 aromatic heterocycles. The predicted molar refractivity (Wildman–Crippen MR) is 49.4 cm³/mol. The third-order valence-electron chi connectivity index (χ3n) is 1.89. The van der Waals surface area contributed by atoms with Gasteiger partial charge in [-0.25, -0.2) is 8.78 Å². The molecule has 0 atom stereocenters. The normalized spacial score (nSPS) is 10.4. The number of aromatic nitrogens is 1. The highest BCUT2D eigenvalue weighted by molar-refractivity contribution is 6.02. The molecular formula is C9H5AlF2NO. The standard InChI is InChI=1S/C9H5F2NO.Al.H/c10-6-4-7(11)9(13)8-5(6)2-1-3-12-8;;/h1-4,13H;;/q;+1;/p-1. The molecule has 1 aromatic carbocycles. The molecular weight excluding hydrogens is 203 g/mol. The molecule has 0 N–H and O–H groups in total. The van der Waals surface area contributed by atoms with Crippen LogP contribution in [-0.4, -0.2) is 21.6 Å². The van der Waals surface area contributed by atoms with Crippen molar-refractivity contribution in [3.05, 3.63) is 36.0 Å². The lowest BCUT2D eigenvalue weighted by molar-refractivity contribution is 0.521. The Kier molecular flexibility index (Phi) is 2.36. The maximum atomic E-state index is 13.2. The van der Waals surface area contributed by atoms with Gasteiger partial charge in [0.25, 0.3) is 0 Å². The number of benzene rings is 1. The van der Waals surface area contributed by atoms with Gasteiger partial charge in [-0.1, -0.05) is 0 Å². The van der Waals surface area contributed by atoms with E-state index in [0.717, 1.165) is 22.7 Å². The summed E-state index contributed by atoms with van der Waals surface area (Å²) in [5.74, 6) is -1.38. The second kappa shape index (κ2) is 3.52. The van der Waals surface area contributed by atoms with E-state index in [0.29, 0.717) is 0 Å². The van der Waals surface area contributed by atoms with E-state index < -0.39 is 11.6 Å². The maximum Gasteiger partial charge on any atom is 0.494 e. The molecule has 0 saturated heterocycles. The molecule has 14 heavy (non-hydrogen) atoms. The molecule has 0 fully saturated rings. The lowest BCUT2D eigenvalue weighted by Crippen LogP contribution is -1.95. The van der Waals surface area contributed by atoms with Crippen molar-refractivity contribution in [3.63, 3.8) is 0 Å². The average Bonchev–Trinajstić information content (AvgIpc) is 2.18. The summed E-state index contributed by atoms with van der Waals surface area (Å²) in [7, 11) is 0. The van der Waals surface area contributed by atoms with Gasteiger partial charge in [-0.05, 0) is 12.1 Å². The van der Waals surface area contributed by atoms with Gasteiger partial charge in [0.05, 0.1) is 0 Å². The monoisotopic (exact) mass is 208 g/mol. The summed E-state index contributed by atoms with van der Waals surface area (Å²) < 4.78 is 31.2. The Morgan fingerprint density at radius 1 is 1.29 bits per heavy atom. The Hall–Kier alpha value is -1.18. The Morgan fingerprint density at radius 3 is 2.79 bits per heavy atom. The number of fused-ring (bicyclic) bond motifs is 1. The number of rotatable bonds is 1. The third-order valence-corrected chi connectivity index (χ3v) is 2.18. The van der Waals surface area contributed by atoms with E-state index >= 15 is 0 Å². The van der Waals surface area contributed by atoms with Crippen LogP contribution < -0.4 is 3.79 Å². The first kappa shape index (κ1) is 9.38. The second-order valence-electron chi connectivity index (χ2n) is 2.71. The average molecular weight is 208 g/mol. The zero-order valence-corrected chi connectivity index (χ0v) is 8.54. The van der Waals surface area contributed by atoms with E-state index in [1.807, 2.05) is 0 Å². The minimum Gasteiger partial charge on any atom is -0.647 e. The number of pyridine rings is 1. The molecule has 2 nitrogen and oxygen atoms in total. The molecule has 0 aliphatic rings. The minimum absolute atomic E-state index is 0.0136. The highest BCUT2D eigenvalue weighted by atomic mass is 27.1. The Bertz CT molecular complexity index is 489. The largest absolute Gasteiger partial charge is 0.647 e. The molecule has 0 bridgehead atoms. The molecule has 2 aromatic rings. The van der Waals surface area contributed by atoms with Crippen LogP contribution in [0.4, 0.5) is 8.78 Å². The smallest absolute Gasteiger partial charge is 0.494 e. The molecule has 0 aliphatic carbocycles. The molecule has 1 radical (unpaired) electrons. The summed E-state index contributed by atoms with van der Waals surface area (Å²) in [5, 5.41) is 0.260. The zero-order valence-electron chi connectivity index (χ0n) is 7.13. The van der Waals surface area contributed by atoms with Crippen LogP contribution in [0.15, 0.2) is 24.4 Å². The van der Waals surface area contributed by atoms with Gasteiger partial charge < -0.3 is 3.79 Å². The molecule has 2 rings (SSSR count). The zero-order chi connectivity index (χ0) is 10.1. The highest BCUT2D eigenvalue weighted by Crippen LogP contribution is 2.28. The van der Waals surface area contributed by atoms with Crippen molar-refractivity contribution in [2.75, 3.05) is 0 Å². The van der Waals surface area contributed by atoms with Crippen LogP contribution in [0.1, 0.15) is 0 Å². The first-order valence-corrected chi connectivity index (χ1v) is 4.46. The van der Waals surface area contributed by atoms with E-state index in [2.05, 4.69) is 4.98 Å². The van der Waals surface area contributed by atoms with Crippen LogP contribution in [0.25, 0.3) is 10.9 Å². The van der Waals surface area contributed by atoms with E-state index in [1.165, 1.54) is 12.3 Å². The van der Waals surface area contributed by atoms with E-state index in [4.69, 9.17) is 3.79 Å². The number of nitrogens with zero attached hydrogens (tertiary/aromatic N) is 1. The van der Waals surface area contributed by atoms with Crippen LogP contribution in [0.2, 0.25) is 0 Å². The molecule has 1 heterocycles. The fourth-order valence-electron chi connectivity index (χ4n) is 1.28. The van der Waals surface area contributed by atoms with Crippen LogP contribution >= 0.6 is 0 Å². The minimum atomic E-state index is -0.733. The van der Waals surface area contributed by atoms with Crippen molar-refractivity contribution in [1.29, 1.82) is 0 Å². The van der Waals surface area contributed by atoms with Gasteiger partial charge in [0.1, 0.15) is 17.1 Å². The highest BCUT2D eigenvalue weighted by Gasteiger charge is 2.11. The van der Waals surface area contributed by atoms with Gasteiger partial charge in [-0.3, -0.25) is 4.98 Å². The summed E-state index contributed by atoms with van der Waals surface area (Å²) in [6.45, 7) is 0. The predicted octanol–water partition coefficient (Wildman–Crippen LogP) is 1.71. The lowest BCUT2D eigenvalue weighted by atomic mass is 10.2. The molecule has 0 amide bonds. The van der Waals surface area contributed by atoms with Crippen molar-refractivity contribution < 1.29 is 12.6 Å². The van der Waals surface area contributed by atoms with Crippen molar-refractivity contribution in [2.45, 2.75) is 0 Å². The van der Waals surface area contributed by atoms with Gasteiger partial charge in [0.2, 0.25) is 0 Å². The third kappa shape index (κ3) is 1.35. The Morgan fingerprint density at radius 2 is 2.07 bits per heavy atom. The first-order valence-electron chi connectivity index (χ1n) is 3.89. The first-order chi connectivity index (χ1) is 6.74. The summed E-state index contributed by atoms with van der Waals surface area (Å²) >= 11 is 1.13. The lowest BCUT2D eigenvalue weighted by Gasteiger charge is -2.07. The maximum absolute atomic E-state index is 13.2. The van der Waals surface area contributed by atoms with Crippen molar-refractivity contribution >= 4 is 27.5 Å². The van der Waals surface area contributed by atoms with Crippen LogP contribution in [0.3, 0.4) is 0 Å². The summed E-state index contributed by atoms with van der Waals surface area (Å²) in [6, 6.07) is 3.92. The van der Waals surface area contributed by atoms with Crippen LogP contribution in [0.5, 0.6) is 5.75 Å². The Balaban J connectivity index is 2.90. The topological polar surface area (TPSA) is 22.1 Å². The second-order valence-corrected chi connectivity index (χ2v) is 3.00. The van der Waals surface area contributed by atoms with Gasteiger partial charge in [-0.2, -0.15) is 0 Å². The van der Waals surface area contributed by atoms with Crippen molar-refractivity contribution in [1.82, 2.24) is 4.98 Å². The number of halogens is 2. The van der Waals surface area contributed by atoms with Crippen LogP contribution in [-0.2, 0) is 0 Å². The number of hydrogen-bond donors (Lipinski definition) is 0.